The molecular formula is C28H41FO2. The molecule has 0 aliphatic heterocycles. The summed E-state index contributed by atoms with van der Waals surface area (Å²) in [5.41, 5.74) is 0.835. The number of halogens is 1. The summed E-state index contributed by atoms with van der Waals surface area (Å²) in [6.45, 7) is 4.15. The van der Waals surface area contributed by atoms with Crippen molar-refractivity contribution in [3.63, 3.8) is 0 Å². The first-order valence-corrected chi connectivity index (χ1v) is 13.0. The number of carbonyl (C=O) groups is 1. The maximum atomic E-state index is 14.0. The molecule has 3 aliphatic carbocycles. The summed E-state index contributed by atoms with van der Waals surface area (Å²) in [6.07, 6.45) is 17.0. The highest BCUT2D eigenvalue weighted by Gasteiger charge is 2.39. The minimum absolute atomic E-state index is 0.0673. The summed E-state index contributed by atoms with van der Waals surface area (Å²) in [5, 5.41) is 0. The van der Waals surface area contributed by atoms with Crippen LogP contribution in [-0.2, 0) is 4.79 Å². The van der Waals surface area contributed by atoms with Gasteiger partial charge in [-0.15, -0.1) is 0 Å². The second-order valence-corrected chi connectivity index (χ2v) is 10.9. The van der Waals surface area contributed by atoms with Crippen LogP contribution in [-0.4, -0.2) is 5.97 Å². The predicted octanol–water partition coefficient (Wildman–Crippen LogP) is 7.87. The Morgan fingerprint density at radius 3 is 2.29 bits per heavy atom. The third kappa shape index (κ3) is 5.71. The molecule has 2 nitrogen and oxygen atoms in total. The molecule has 3 fully saturated rings. The van der Waals surface area contributed by atoms with Gasteiger partial charge in [0, 0.05) is 0 Å². The standard InChI is InChI=1S/C28H41FO2/c1-3-4-5-20-7-8-25-18-24(14-13-23(25)17-20)21-9-11-22(12-10-21)28(30)31-27-15-6-19(2)16-26(27)29/h6,15-16,20-25H,3-5,7-14,17-18H2,1-2H3. The Kier molecular flexibility index (Phi) is 7.72. The molecule has 0 saturated heterocycles. The predicted molar refractivity (Wildman–Crippen MR) is 123 cm³/mol. The minimum atomic E-state index is -0.441. The summed E-state index contributed by atoms with van der Waals surface area (Å²) in [5.74, 6) is 3.91. The van der Waals surface area contributed by atoms with Crippen LogP contribution in [0.25, 0.3) is 0 Å². The Labute approximate surface area is 188 Å². The van der Waals surface area contributed by atoms with E-state index in [2.05, 4.69) is 6.92 Å². The number of ether oxygens (including phenoxy) is 1. The average molecular weight is 429 g/mol. The summed E-state index contributed by atoms with van der Waals surface area (Å²) in [4.78, 5) is 12.6. The summed E-state index contributed by atoms with van der Waals surface area (Å²) >= 11 is 0. The molecule has 0 N–H and O–H groups in total. The maximum Gasteiger partial charge on any atom is 0.314 e. The van der Waals surface area contributed by atoms with Crippen molar-refractivity contribution in [2.75, 3.05) is 0 Å². The van der Waals surface area contributed by atoms with Crippen LogP contribution in [0.3, 0.4) is 0 Å². The van der Waals surface area contributed by atoms with Gasteiger partial charge in [-0.25, -0.2) is 4.39 Å². The van der Waals surface area contributed by atoms with Gasteiger partial charge in [-0.2, -0.15) is 0 Å². The molecule has 0 heterocycles. The van der Waals surface area contributed by atoms with E-state index in [4.69, 9.17) is 4.74 Å². The molecule has 31 heavy (non-hydrogen) atoms. The molecule has 3 aliphatic rings. The molecule has 4 unspecified atom stereocenters. The van der Waals surface area contributed by atoms with Crippen LogP contribution in [0.5, 0.6) is 5.75 Å². The number of aryl methyl sites for hydroxylation is 1. The molecule has 0 radical (unpaired) electrons. The number of rotatable bonds is 6. The van der Waals surface area contributed by atoms with Crippen molar-refractivity contribution in [1.29, 1.82) is 0 Å². The van der Waals surface area contributed by atoms with E-state index in [1.165, 1.54) is 63.9 Å². The van der Waals surface area contributed by atoms with Crippen LogP contribution in [0.2, 0.25) is 0 Å². The van der Waals surface area contributed by atoms with Crippen LogP contribution < -0.4 is 4.74 Å². The van der Waals surface area contributed by atoms with Gasteiger partial charge in [-0.05, 0) is 112 Å². The van der Waals surface area contributed by atoms with Gasteiger partial charge in [0.25, 0.3) is 0 Å². The summed E-state index contributed by atoms with van der Waals surface area (Å²) in [6, 6.07) is 4.78. The van der Waals surface area contributed by atoms with Crippen LogP contribution in [0.1, 0.15) is 96.0 Å². The fraction of sp³-hybridized carbons (Fsp3) is 0.750. The SMILES string of the molecule is CCCCC1CCC2CC(C3CCC(C(=O)Oc4ccc(C)cc4F)CC3)CCC2C1. The number of unbranched alkanes of at least 4 members (excludes halogenated alkanes) is 1. The molecule has 3 saturated carbocycles. The largest absolute Gasteiger partial charge is 0.423 e. The van der Waals surface area contributed by atoms with Crippen molar-refractivity contribution >= 4 is 5.97 Å². The van der Waals surface area contributed by atoms with Gasteiger partial charge in [-0.1, -0.05) is 38.7 Å². The lowest BCUT2D eigenvalue weighted by molar-refractivity contribution is -0.140. The quantitative estimate of drug-likeness (QED) is 0.340. The average Bonchev–Trinajstić information content (AvgIpc) is 2.79. The molecule has 4 rings (SSSR count). The molecule has 1 aromatic carbocycles. The van der Waals surface area contributed by atoms with Crippen molar-refractivity contribution < 1.29 is 13.9 Å². The Hall–Kier alpha value is -1.38. The lowest BCUT2D eigenvalue weighted by Crippen LogP contribution is -2.35. The van der Waals surface area contributed by atoms with E-state index in [1.54, 1.807) is 12.1 Å². The van der Waals surface area contributed by atoms with E-state index < -0.39 is 5.82 Å². The van der Waals surface area contributed by atoms with Crippen molar-refractivity contribution in [1.82, 2.24) is 0 Å². The van der Waals surface area contributed by atoms with E-state index in [9.17, 15) is 9.18 Å². The molecule has 0 spiro atoms. The van der Waals surface area contributed by atoms with Gasteiger partial charge < -0.3 is 4.74 Å². The highest BCUT2D eigenvalue weighted by atomic mass is 19.1. The fourth-order valence-corrected chi connectivity index (χ4v) is 6.91. The second-order valence-electron chi connectivity index (χ2n) is 10.9. The zero-order valence-electron chi connectivity index (χ0n) is 19.6. The van der Waals surface area contributed by atoms with Gasteiger partial charge in [-0.3, -0.25) is 4.79 Å². The van der Waals surface area contributed by atoms with Gasteiger partial charge in [0.2, 0.25) is 0 Å². The van der Waals surface area contributed by atoms with Gasteiger partial charge >= 0.3 is 5.97 Å². The molecule has 0 bridgehead atoms. The first-order chi connectivity index (χ1) is 15.0. The lowest BCUT2D eigenvalue weighted by atomic mass is 9.60. The number of benzene rings is 1. The van der Waals surface area contributed by atoms with E-state index >= 15 is 0 Å². The molecule has 1 aromatic rings. The Balaban J connectivity index is 1.23. The maximum absolute atomic E-state index is 14.0. The Bertz CT molecular complexity index is 737. The van der Waals surface area contributed by atoms with Crippen molar-refractivity contribution in [3.8, 4) is 5.75 Å². The highest BCUT2D eigenvalue weighted by Crippen LogP contribution is 2.49. The summed E-state index contributed by atoms with van der Waals surface area (Å²) in [7, 11) is 0. The van der Waals surface area contributed by atoms with Gasteiger partial charge in [0.1, 0.15) is 0 Å². The molecule has 0 aromatic heterocycles. The Morgan fingerprint density at radius 2 is 1.58 bits per heavy atom. The second kappa shape index (κ2) is 10.5. The minimum Gasteiger partial charge on any atom is -0.423 e. The lowest BCUT2D eigenvalue weighted by Gasteiger charge is -2.45. The molecule has 0 amide bonds. The van der Waals surface area contributed by atoms with Crippen molar-refractivity contribution in [2.24, 2.45) is 35.5 Å². The Morgan fingerprint density at radius 1 is 0.935 bits per heavy atom. The van der Waals surface area contributed by atoms with Crippen molar-refractivity contribution in [2.45, 2.75) is 97.3 Å². The topological polar surface area (TPSA) is 26.3 Å². The smallest absolute Gasteiger partial charge is 0.314 e. The fourth-order valence-electron chi connectivity index (χ4n) is 6.91. The number of fused-ring (bicyclic) bond motifs is 1. The van der Waals surface area contributed by atoms with Gasteiger partial charge in [0.05, 0.1) is 5.92 Å². The highest BCUT2D eigenvalue weighted by molar-refractivity contribution is 5.75. The molecule has 172 valence electrons. The monoisotopic (exact) mass is 428 g/mol. The van der Waals surface area contributed by atoms with Crippen molar-refractivity contribution in [3.05, 3.63) is 29.6 Å². The van der Waals surface area contributed by atoms with E-state index in [0.717, 1.165) is 60.8 Å². The van der Waals surface area contributed by atoms with Crippen LogP contribution in [0, 0.1) is 48.2 Å². The summed E-state index contributed by atoms with van der Waals surface area (Å²) < 4.78 is 19.4. The van der Waals surface area contributed by atoms with Crippen LogP contribution in [0.15, 0.2) is 18.2 Å². The zero-order chi connectivity index (χ0) is 21.8. The third-order valence-electron chi connectivity index (χ3n) is 8.80. The third-order valence-corrected chi connectivity index (χ3v) is 8.80. The number of hydrogen-bond donors (Lipinski definition) is 0. The molecular weight excluding hydrogens is 387 g/mol. The molecule has 4 atom stereocenters. The van der Waals surface area contributed by atoms with E-state index in [1.807, 2.05) is 6.92 Å². The first-order valence-electron chi connectivity index (χ1n) is 13.0. The van der Waals surface area contributed by atoms with E-state index in [-0.39, 0.29) is 17.6 Å². The van der Waals surface area contributed by atoms with Crippen LogP contribution in [0.4, 0.5) is 4.39 Å². The van der Waals surface area contributed by atoms with E-state index in [0.29, 0.717) is 0 Å². The van der Waals surface area contributed by atoms with Gasteiger partial charge in [0.15, 0.2) is 11.6 Å². The normalized spacial score (nSPS) is 33.5. The zero-order valence-corrected chi connectivity index (χ0v) is 19.6. The first kappa shape index (κ1) is 22.8. The number of esters is 1. The van der Waals surface area contributed by atoms with Crippen LogP contribution >= 0.6 is 0 Å². The number of hydrogen-bond acceptors (Lipinski definition) is 2. The number of carbonyl (C=O) groups excluding carboxylic acids is 1. The molecule has 3 heteroatoms.